The average molecular weight is 462 g/mol. The van der Waals surface area contributed by atoms with Crippen molar-refractivity contribution in [3.8, 4) is 5.75 Å². The molecule has 0 aliphatic carbocycles. The van der Waals surface area contributed by atoms with Gasteiger partial charge in [0.2, 0.25) is 5.91 Å². The molecular formula is C28H32FN3O2. The number of carbonyl (C=O) groups is 1. The fourth-order valence-corrected chi connectivity index (χ4v) is 5.03. The molecule has 6 heteroatoms. The smallest absolute Gasteiger partial charge is 0.220 e. The van der Waals surface area contributed by atoms with Crippen molar-refractivity contribution < 1.29 is 13.9 Å². The number of amides is 1. The highest BCUT2D eigenvalue weighted by atomic mass is 19.1. The first-order chi connectivity index (χ1) is 16.6. The summed E-state index contributed by atoms with van der Waals surface area (Å²) in [5, 5.41) is 2.08. The zero-order chi connectivity index (χ0) is 23.5. The highest BCUT2D eigenvalue weighted by Gasteiger charge is 2.21. The molecule has 0 aromatic heterocycles. The van der Waals surface area contributed by atoms with E-state index in [1.165, 1.54) is 17.2 Å². The zero-order valence-electron chi connectivity index (χ0n) is 19.8. The monoisotopic (exact) mass is 461 g/mol. The Morgan fingerprint density at radius 2 is 1.76 bits per heavy atom. The molecule has 1 fully saturated rings. The Morgan fingerprint density at radius 3 is 2.59 bits per heavy atom. The molecule has 1 amide bonds. The van der Waals surface area contributed by atoms with E-state index in [1.54, 1.807) is 13.0 Å². The topological polar surface area (TPSA) is 36.0 Å². The van der Waals surface area contributed by atoms with Crippen molar-refractivity contribution in [1.82, 2.24) is 9.80 Å². The van der Waals surface area contributed by atoms with Crippen molar-refractivity contribution in [2.45, 2.75) is 32.9 Å². The Hall–Kier alpha value is -3.12. The fraction of sp³-hybridized carbons (Fsp3) is 0.393. The summed E-state index contributed by atoms with van der Waals surface area (Å²) in [4.78, 5) is 18.3. The van der Waals surface area contributed by atoms with Gasteiger partial charge in [0.1, 0.15) is 11.6 Å². The van der Waals surface area contributed by atoms with Gasteiger partial charge >= 0.3 is 0 Å². The number of carbonyl (C=O) groups excluding carboxylic acids is 1. The third-order valence-electron chi connectivity index (χ3n) is 7.02. The van der Waals surface area contributed by atoms with Gasteiger partial charge in [-0.3, -0.25) is 9.69 Å². The lowest BCUT2D eigenvalue weighted by atomic mass is 10.1. The van der Waals surface area contributed by atoms with Gasteiger partial charge in [0.15, 0.2) is 0 Å². The number of hydrogen-bond donors (Lipinski definition) is 0. The van der Waals surface area contributed by atoms with Crippen molar-refractivity contribution in [3.63, 3.8) is 0 Å². The second-order valence-corrected chi connectivity index (χ2v) is 9.33. The van der Waals surface area contributed by atoms with Gasteiger partial charge in [0, 0.05) is 57.3 Å². The van der Waals surface area contributed by atoms with Gasteiger partial charge < -0.3 is 14.5 Å². The Morgan fingerprint density at radius 1 is 0.941 bits per heavy atom. The van der Waals surface area contributed by atoms with Crippen molar-refractivity contribution in [2.24, 2.45) is 0 Å². The van der Waals surface area contributed by atoms with Crippen LogP contribution in [-0.4, -0.2) is 55.0 Å². The van der Waals surface area contributed by atoms with Gasteiger partial charge in [-0.2, -0.15) is 0 Å². The predicted octanol–water partition coefficient (Wildman–Crippen LogP) is 4.82. The molecule has 0 saturated carbocycles. The van der Waals surface area contributed by atoms with Crippen LogP contribution in [0.5, 0.6) is 5.75 Å². The van der Waals surface area contributed by atoms with Gasteiger partial charge in [-0.05, 0) is 66.2 Å². The van der Waals surface area contributed by atoms with Gasteiger partial charge in [-0.25, -0.2) is 4.39 Å². The average Bonchev–Trinajstić information content (AvgIpc) is 3.28. The van der Waals surface area contributed by atoms with E-state index in [0.717, 1.165) is 67.8 Å². The van der Waals surface area contributed by atoms with Crippen LogP contribution in [0.3, 0.4) is 0 Å². The van der Waals surface area contributed by atoms with E-state index in [4.69, 9.17) is 4.74 Å². The molecule has 0 unspecified atom stereocenters. The first kappa shape index (κ1) is 22.7. The molecule has 1 saturated heterocycles. The number of hydrogen-bond acceptors (Lipinski definition) is 4. The van der Waals surface area contributed by atoms with Crippen LogP contribution >= 0.6 is 0 Å². The summed E-state index contributed by atoms with van der Waals surface area (Å²) >= 11 is 0. The van der Waals surface area contributed by atoms with Crippen molar-refractivity contribution in [2.75, 3.05) is 44.2 Å². The maximum atomic E-state index is 13.8. The lowest BCUT2D eigenvalue weighted by Crippen LogP contribution is -2.46. The number of halogens is 1. The molecule has 3 aromatic carbocycles. The Kier molecular flexibility index (Phi) is 6.68. The molecule has 2 aliphatic rings. The molecule has 3 aromatic rings. The molecule has 0 spiro atoms. The molecule has 5 nitrogen and oxygen atoms in total. The maximum Gasteiger partial charge on any atom is 0.220 e. The second-order valence-electron chi connectivity index (χ2n) is 9.33. The summed E-state index contributed by atoms with van der Waals surface area (Å²) in [6.07, 6.45) is 2.11. The highest BCUT2D eigenvalue weighted by Crippen LogP contribution is 2.29. The number of piperazine rings is 1. The van der Waals surface area contributed by atoms with Gasteiger partial charge in [0.05, 0.1) is 6.61 Å². The highest BCUT2D eigenvalue weighted by molar-refractivity contribution is 5.94. The summed E-state index contributed by atoms with van der Waals surface area (Å²) in [6, 6.07) is 17.4. The maximum absolute atomic E-state index is 13.8. The van der Waals surface area contributed by atoms with E-state index >= 15 is 0 Å². The van der Waals surface area contributed by atoms with Crippen LogP contribution in [0.15, 0.2) is 54.6 Å². The third kappa shape index (κ3) is 5.02. The predicted molar refractivity (Wildman–Crippen MR) is 134 cm³/mol. The summed E-state index contributed by atoms with van der Waals surface area (Å²) in [7, 11) is 0. The zero-order valence-corrected chi connectivity index (χ0v) is 19.8. The van der Waals surface area contributed by atoms with Crippen molar-refractivity contribution in [3.05, 3.63) is 71.5 Å². The number of anilines is 1. The molecule has 0 radical (unpaired) electrons. The standard InChI is InChI=1S/C28H32FN3O2/c1-21(33)32-19-23-8-10-26(17-24(23)20-32)34-16-3-2-11-30-12-14-31(15-13-30)28-6-4-5-22-7-9-25(29)18-27(22)28/h4-10,17-18H,2-3,11-16,19-20H2,1H3. The lowest BCUT2D eigenvalue weighted by molar-refractivity contribution is -0.129. The van der Waals surface area contributed by atoms with E-state index in [2.05, 4.69) is 34.1 Å². The molecule has 5 rings (SSSR count). The van der Waals surface area contributed by atoms with E-state index in [9.17, 15) is 9.18 Å². The van der Waals surface area contributed by atoms with E-state index in [-0.39, 0.29) is 11.7 Å². The SMILES string of the molecule is CC(=O)N1Cc2ccc(OCCCCN3CCN(c4cccc5ccc(F)cc45)CC3)cc2C1. The van der Waals surface area contributed by atoms with Crippen LogP contribution in [0.1, 0.15) is 30.9 Å². The summed E-state index contributed by atoms with van der Waals surface area (Å²) in [5.41, 5.74) is 3.54. The quantitative estimate of drug-likeness (QED) is 0.473. The van der Waals surface area contributed by atoms with Crippen LogP contribution in [0, 0.1) is 5.82 Å². The number of unbranched alkanes of at least 4 members (excludes halogenated alkanes) is 1. The molecule has 0 N–H and O–H groups in total. The summed E-state index contributed by atoms with van der Waals surface area (Å²) in [5.74, 6) is 0.827. The molecule has 178 valence electrons. The molecular weight excluding hydrogens is 429 g/mol. The summed E-state index contributed by atoms with van der Waals surface area (Å²) in [6.45, 7) is 8.73. The van der Waals surface area contributed by atoms with E-state index in [0.29, 0.717) is 19.7 Å². The number of benzene rings is 3. The first-order valence-electron chi connectivity index (χ1n) is 12.2. The molecule has 0 bridgehead atoms. The van der Waals surface area contributed by atoms with Gasteiger partial charge in [-0.15, -0.1) is 0 Å². The van der Waals surface area contributed by atoms with Gasteiger partial charge in [-0.1, -0.05) is 24.3 Å². The van der Waals surface area contributed by atoms with Crippen LogP contribution in [-0.2, 0) is 17.9 Å². The van der Waals surface area contributed by atoms with Crippen LogP contribution in [0.2, 0.25) is 0 Å². The Balaban J connectivity index is 1.04. The van der Waals surface area contributed by atoms with E-state index < -0.39 is 0 Å². The minimum absolute atomic E-state index is 0.116. The van der Waals surface area contributed by atoms with Crippen LogP contribution < -0.4 is 9.64 Å². The number of nitrogens with zero attached hydrogens (tertiary/aromatic N) is 3. The van der Waals surface area contributed by atoms with E-state index in [1.807, 2.05) is 23.1 Å². The van der Waals surface area contributed by atoms with Crippen molar-refractivity contribution in [1.29, 1.82) is 0 Å². The largest absolute Gasteiger partial charge is 0.494 e. The minimum Gasteiger partial charge on any atom is -0.494 e. The molecule has 0 atom stereocenters. The Labute approximate surface area is 200 Å². The number of ether oxygens (including phenoxy) is 1. The van der Waals surface area contributed by atoms with Gasteiger partial charge in [0.25, 0.3) is 0 Å². The molecule has 2 aliphatic heterocycles. The van der Waals surface area contributed by atoms with Crippen molar-refractivity contribution >= 4 is 22.4 Å². The lowest BCUT2D eigenvalue weighted by Gasteiger charge is -2.36. The molecule has 34 heavy (non-hydrogen) atoms. The fourth-order valence-electron chi connectivity index (χ4n) is 5.03. The van der Waals surface area contributed by atoms with Crippen LogP contribution in [0.4, 0.5) is 10.1 Å². The number of rotatable bonds is 7. The molecule has 2 heterocycles. The third-order valence-corrected chi connectivity index (χ3v) is 7.02. The minimum atomic E-state index is -0.182. The Bertz CT molecular complexity index is 1170. The number of fused-ring (bicyclic) bond motifs is 2. The normalized spacial score (nSPS) is 16.2. The van der Waals surface area contributed by atoms with Crippen LogP contribution in [0.25, 0.3) is 10.8 Å². The summed E-state index contributed by atoms with van der Waals surface area (Å²) < 4.78 is 19.8. The first-order valence-corrected chi connectivity index (χ1v) is 12.2. The second kappa shape index (κ2) is 10.0.